The number of carbonyl (C=O) groups excluding carboxylic acids is 1. The molecule has 0 saturated heterocycles. The van der Waals surface area contributed by atoms with Crippen LogP contribution in [-0.2, 0) is 6.42 Å². The normalized spacial score (nSPS) is 10.8. The van der Waals surface area contributed by atoms with Crippen LogP contribution < -0.4 is 10.2 Å². The van der Waals surface area contributed by atoms with E-state index < -0.39 is 0 Å². The van der Waals surface area contributed by atoms with Gasteiger partial charge in [0.15, 0.2) is 6.61 Å². The number of nitriles is 1. The smallest absolute Gasteiger partial charge is 0.271 e. The molecule has 1 amide bonds. The summed E-state index contributed by atoms with van der Waals surface area (Å²) >= 11 is 0. The lowest BCUT2D eigenvalue weighted by atomic mass is 10.1. The van der Waals surface area contributed by atoms with Crippen LogP contribution in [0.3, 0.4) is 0 Å². The van der Waals surface area contributed by atoms with E-state index in [1.54, 1.807) is 24.3 Å². The van der Waals surface area contributed by atoms with Gasteiger partial charge in [-0.25, -0.2) is 5.43 Å². The molecule has 0 atom stereocenters. The predicted octanol–water partition coefficient (Wildman–Crippen LogP) is 3.31. The van der Waals surface area contributed by atoms with Gasteiger partial charge in [-0.15, -0.1) is 0 Å². The first-order valence-corrected chi connectivity index (χ1v) is 7.67. The van der Waals surface area contributed by atoms with Gasteiger partial charge >= 0.3 is 0 Å². The van der Waals surface area contributed by atoms with Crippen LogP contribution in [0.5, 0.6) is 5.75 Å². The van der Waals surface area contributed by atoms with Crippen molar-refractivity contribution in [3.63, 3.8) is 0 Å². The van der Waals surface area contributed by atoms with E-state index in [9.17, 15) is 4.79 Å². The first kappa shape index (κ1) is 17.2. The van der Waals surface area contributed by atoms with E-state index in [1.807, 2.05) is 37.3 Å². The molecule has 0 bridgehead atoms. The molecule has 2 aromatic carbocycles. The Morgan fingerprint density at radius 3 is 2.33 bits per heavy atom. The maximum Gasteiger partial charge on any atom is 0.271 e. The molecule has 0 heterocycles. The minimum absolute atomic E-state index is 0.0132. The Balaban J connectivity index is 1.99. The number of aryl methyl sites for hydroxylation is 1. The molecule has 0 saturated carbocycles. The quantitative estimate of drug-likeness (QED) is 0.655. The number of rotatable bonds is 6. The third-order valence-corrected chi connectivity index (χ3v) is 3.53. The van der Waals surface area contributed by atoms with Crippen molar-refractivity contribution in [3.05, 3.63) is 65.2 Å². The summed E-state index contributed by atoms with van der Waals surface area (Å²) in [7, 11) is 0. The number of hydrogen-bond acceptors (Lipinski definition) is 4. The molecule has 0 aliphatic heterocycles. The van der Waals surface area contributed by atoms with Crippen LogP contribution in [0.4, 0.5) is 0 Å². The van der Waals surface area contributed by atoms with Gasteiger partial charge in [-0.05, 0) is 60.9 Å². The maximum absolute atomic E-state index is 12.1. The molecule has 1 N–H and O–H groups in total. The fraction of sp³-hybridized carbons (Fsp3) is 0.211. The monoisotopic (exact) mass is 321 g/mol. The molecule has 0 fully saturated rings. The lowest BCUT2D eigenvalue weighted by Crippen LogP contribution is -2.19. The highest BCUT2D eigenvalue weighted by atomic mass is 16.5. The van der Waals surface area contributed by atoms with Gasteiger partial charge in [0.1, 0.15) is 11.8 Å². The molecular formula is C19H19N3O2. The summed E-state index contributed by atoms with van der Waals surface area (Å²) in [5, 5.41) is 12.6. The lowest BCUT2D eigenvalue weighted by molar-refractivity contribution is 0.0955. The minimum Gasteiger partial charge on any atom is -0.479 e. The van der Waals surface area contributed by atoms with Gasteiger partial charge in [0.05, 0.1) is 5.71 Å². The molecule has 0 spiro atoms. The molecule has 0 unspecified atom stereocenters. The summed E-state index contributed by atoms with van der Waals surface area (Å²) in [6.45, 7) is 3.89. The molecule has 0 aliphatic rings. The third kappa shape index (κ3) is 4.68. The van der Waals surface area contributed by atoms with Gasteiger partial charge < -0.3 is 4.74 Å². The van der Waals surface area contributed by atoms with Crippen molar-refractivity contribution in [1.82, 2.24) is 5.43 Å². The maximum atomic E-state index is 12.1. The molecule has 2 rings (SSSR count). The summed E-state index contributed by atoms with van der Waals surface area (Å²) in [4.78, 5) is 12.1. The van der Waals surface area contributed by atoms with Gasteiger partial charge in [-0.1, -0.05) is 19.1 Å². The Labute approximate surface area is 141 Å². The largest absolute Gasteiger partial charge is 0.479 e. The number of nitrogens with one attached hydrogen (secondary N) is 1. The molecule has 5 heteroatoms. The number of benzene rings is 2. The second-order valence-electron chi connectivity index (χ2n) is 5.16. The van der Waals surface area contributed by atoms with Crippen LogP contribution in [0, 0.1) is 11.3 Å². The van der Waals surface area contributed by atoms with Crippen molar-refractivity contribution in [1.29, 1.82) is 5.26 Å². The Morgan fingerprint density at radius 2 is 1.75 bits per heavy atom. The zero-order chi connectivity index (χ0) is 17.4. The topological polar surface area (TPSA) is 74.5 Å². The van der Waals surface area contributed by atoms with E-state index in [0.29, 0.717) is 17.0 Å². The fourth-order valence-corrected chi connectivity index (χ4v) is 2.06. The Kier molecular flexibility index (Phi) is 6.09. The molecule has 0 radical (unpaired) electrons. The van der Waals surface area contributed by atoms with Crippen LogP contribution >= 0.6 is 0 Å². The Hall–Kier alpha value is -3.13. The van der Waals surface area contributed by atoms with Crippen molar-refractivity contribution >= 4 is 11.6 Å². The van der Waals surface area contributed by atoms with Crippen LogP contribution in [0.15, 0.2) is 53.6 Å². The third-order valence-electron chi connectivity index (χ3n) is 3.53. The van der Waals surface area contributed by atoms with Crippen molar-refractivity contribution < 1.29 is 9.53 Å². The van der Waals surface area contributed by atoms with Gasteiger partial charge in [-0.2, -0.15) is 10.4 Å². The van der Waals surface area contributed by atoms with E-state index in [4.69, 9.17) is 10.00 Å². The highest BCUT2D eigenvalue weighted by Crippen LogP contribution is 2.12. The first-order valence-electron chi connectivity index (χ1n) is 7.67. The molecule has 5 nitrogen and oxygen atoms in total. The number of amides is 1. The number of carbonyl (C=O) groups is 1. The van der Waals surface area contributed by atoms with Gasteiger partial charge in [0, 0.05) is 5.56 Å². The van der Waals surface area contributed by atoms with E-state index >= 15 is 0 Å². The molecule has 24 heavy (non-hydrogen) atoms. The van der Waals surface area contributed by atoms with Crippen molar-refractivity contribution in [2.75, 3.05) is 6.61 Å². The van der Waals surface area contributed by atoms with Crippen LogP contribution in [0.1, 0.15) is 35.3 Å². The zero-order valence-corrected chi connectivity index (χ0v) is 13.7. The minimum atomic E-state index is -0.244. The average Bonchev–Trinajstić information content (AvgIpc) is 2.64. The number of hydrazone groups is 1. The number of nitrogens with zero attached hydrogens (tertiary/aromatic N) is 2. The van der Waals surface area contributed by atoms with E-state index in [1.165, 1.54) is 5.56 Å². The fourth-order valence-electron chi connectivity index (χ4n) is 2.06. The second-order valence-corrected chi connectivity index (χ2v) is 5.16. The van der Waals surface area contributed by atoms with Crippen LogP contribution in [0.25, 0.3) is 0 Å². The van der Waals surface area contributed by atoms with E-state index in [2.05, 4.69) is 17.5 Å². The zero-order valence-electron chi connectivity index (χ0n) is 13.7. The summed E-state index contributed by atoms with van der Waals surface area (Å²) in [6.07, 6.45) is 0.938. The summed E-state index contributed by atoms with van der Waals surface area (Å²) in [5.74, 6) is 0.374. The number of ether oxygens (including phenoxy) is 1. The van der Waals surface area contributed by atoms with Gasteiger partial charge in [-0.3, -0.25) is 4.79 Å². The van der Waals surface area contributed by atoms with Crippen LogP contribution in [-0.4, -0.2) is 18.2 Å². The highest BCUT2D eigenvalue weighted by Gasteiger charge is 2.05. The van der Waals surface area contributed by atoms with Crippen molar-refractivity contribution in [2.45, 2.75) is 20.3 Å². The molecule has 2 aromatic rings. The lowest BCUT2D eigenvalue weighted by Gasteiger charge is -2.05. The van der Waals surface area contributed by atoms with Gasteiger partial charge in [0.2, 0.25) is 0 Å². The van der Waals surface area contributed by atoms with Crippen molar-refractivity contribution in [3.8, 4) is 11.8 Å². The first-order chi connectivity index (χ1) is 11.6. The predicted molar refractivity (Wildman–Crippen MR) is 93.0 cm³/mol. The van der Waals surface area contributed by atoms with Gasteiger partial charge in [0.25, 0.3) is 5.91 Å². The summed E-state index contributed by atoms with van der Waals surface area (Å²) < 4.78 is 5.19. The molecule has 122 valence electrons. The van der Waals surface area contributed by atoms with E-state index in [0.717, 1.165) is 12.0 Å². The Morgan fingerprint density at radius 1 is 1.12 bits per heavy atom. The Bertz CT molecular complexity index is 757. The summed E-state index contributed by atoms with van der Waals surface area (Å²) in [6, 6.07) is 16.5. The standard InChI is InChI=1S/C19H19N3O2/c1-3-15-4-6-17(7-5-15)19(23)22-21-14(2)16-8-10-18(11-9-16)24-13-12-20/h4-11H,3,13H2,1-2H3,(H,22,23)/b21-14-. The highest BCUT2D eigenvalue weighted by molar-refractivity contribution is 6.00. The SMILES string of the molecule is CCc1ccc(C(=O)N/N=C(/C)c2ccc(OCC#N)cc2)cc1. The average molecular weight is 321 g/mol. The molecule has 0 aromatic heterocycles. The second kappa shape index (κ2) is 8.49. The van der Waals surface area contributed by atoms with Crippen molar-refractivity contribution in [2.24, 2.45) is 5.10 Å². The molecular weight excluding hydrogens is 302 g/mol. The van der Waals surface area contributed by atoms with E-state index in [-0.39, 0.29) is 12.5 Å². The molecule has 0 aliphatic carbocycles. The van der Waals surface area contributed by atoms with Crippen LogP contribution in [0.2, 0.25) is 0 Å². The summed E-state index contributed by atoms with van der Waals surface area (Å²) in [5.41, 5.74) is 5.86. The number of hydrogen-bond donors (Lipinski definition) is 1.